The third-order valence-corrected chi connectivity index (χ3v) is 8.80. The summed E-state index contributed by atoms with van der Waals surface area (Å²) in [6.45, 7) is 9.45. The van der Waals surface area contributed by atoms with Gasteiger partial charge in [0.05, 0.1) is 21.1 Å². The van der Waals surface area contributed by atoms with Crippen LogP contribution in [0.5, 0.6) is 0 Å². The average molecular weight is 684 g/mol. The molecule has 0 spiro atoms. The second kappa shape index (κ2) is 13.5. The monoisotopic (exact) mass is 681 g/mol. The molecule has 1 amide bonds. The maximum absolute atomic E-state index is 14.0. The number of hydrogen-bond donors (Lipinski definition) is 1. The molecule has 2 heterocycles. The number of carbonyl (C=O) groups excluding carboxylic acids is 2. The number of carbonyl (C=O) groups is 2. The van der Waals surface area contributed by atoms with Crippen LogP contribution in [0.15, 0.2) is 34.8 Å². The SMILES string of the molecule is Cc1c(N2CCCCC2)nc2ccc(Br)cc2c1C(=O)NCC(CCC(=O)OC(C)(C)C)c1c(Cl)ccc(Cl)c1Cl. The molecule has 1 unspecified atom stereocenters. The fourth-order valence-electron chi connectivity index (χ4n) is 5.28. The molecule has 0 aliphatic carbocycles. The molecule has 0 bridgehead atoms. The van der Waals surface area contributed by atoms with Crippen molar-refractivity contribution >= 4 is 79.3 Å². The van der Waals surface area contributed by atoms with Gasteiger partial charge < -0.3 is 15.0 Å². The summed E-state index contributed by atoms with van der Waals surface area (Å²) in [6, 6.07) is 9.09. The highest BCUT2D eigenvalue weighted by molar-refractivity contribution is 9.10. The van der Waals surface area contributed by atoms with Crippen LogP contribution in [0.3, 0.4) is 0 Å². The van der Waals surface area contributed by atoms with Crippen molar-refractivity contribution < 1.29 is 14.3 Å². The van der Waals surface area contributed by atoms with Crippen molar-refractivity contribution in [2.24, 2.45) is 0 Å². The van der Waals surface area contributed by atoms with Crippen LogP contribution in [0.1, 0.15) is 80.3 Å². The summed E-state index contributed by atoms with van der Waals surface area (Å²) in [4.78, 5) is 33.8. The molecule has 1 aliphatic rings. The highest BCUT2D eigenvalue weighted by atomic mass is 79.9. The van der Waals surface area contributed by atoms with Gasteiger partial charge in [0.15, 0.2) is 0 Å². The number of nitrogens with zero attached hydrogens (tertiary/aromatic N) is 2. The summed E-state index contributed by atoms with van der Waals surface area (Å²) in [5.41, 5.74) is 2.15. The first-order valence-electron chi connectivity index (χ1n) is 13.8. The van der Waals surface area contributed by atoms with E-state index in [0.29, 0.717) is 32.6 Å². The van der Waals surface area contributed by atoms with Gasteiger partial charge in [-0.05, 0) is 89.3 Å². The number of piperidine rings is 1. The lowest BCUT2D eigenvalue weighted by molar-refractivity contribution is -0.155. The first-order chi connectivity index (χ1) is 19.4. The molecule has 1 aromatic heterocycles. The predicted molar refractivity (Wildman–Crippen MR) is 172 cm³/mol. The first kappa shape index (κ1) is 31.9. The van der Waals surface area contributed by atoms with Crippen LogP contribution in [0.2, 0.25) is 15.1 Å². The lowest BCUT2D eigenvalue weighted by Gasteiger charge is -2.30. The van der Waals surface area contributed by atoms with E-state index in [1.165, 1.54) is 6.42 Å². The lowest BCUT2D eigenvalue weighted by atomic mass is 9.93. The summed E-state index contributed by atoms with van der Waals surface area (Å²) in [6.07, 6.45) is 3.88. The molecule has 1 N–H and O–H groups in total. The number of nitrogens with one attached hydrogen (secondary N) is 1. The van der Waals surface area contributed by atoms with Gasteiger partial charge in [0.25, 0.3) is 5.91 Å². The van der Waals surface area contributed by atoms with E-state index in [0.717, 1.165) is 52.7 Å². The van der Waals surface area contributed by atoms with Gasteiger partial charge in [-0.2, -0.15) is 0 Å². The Morgan fingerprint density at radius 2 is 1.76 bits per heavy atom. The van der Waals surface area contributed by atoms with Gasteiger partial charge in [-0.3, -0.25) is 9.59 Å². The highest BCUT2D eigenvalue weighted by Gasteiger charge is 2.26. The van der Waals surface area contributed by atoms with E-state index < -0.39 is 5.60 Å². The minimum atomic E-state index is -0.605. The number of pyridine rings is 1. The maximum atomic E-state index is 14.0. The summed E-state index contributed by atoms with van der Waals surface area (Å²) >= 11 is 23.1. The molecule has 10 heteroatoms. The molecule has 0 saturated carbocycles. The fraction of sp³-hybridized carbons (Fsp3) is 0.452. The normalized spacial score (nSPS) is 14.7. The molecule has 1 aliphatic heterocycles. The standard InChI is InChI=1S/C31H35BrCl3N3O3/c1-18-26(21-16-20(32)9-12-24(21)37-29(18)38-14-6-5-7-15-38)30(40)36-17-19(8-13-25(39)41-31(2,3)4)27-22(33)10-11-23(34)28(27)35/h9-12,16,19H,5-8,13-15,17H2,1-4H3,(H,36,40). The van der Waals surface area contributed by atoms with Crippen molar-refractivity contribution in [1.82, 2.24) is 10.3 Å². The van der Waals surface area contributed by atoms with Gasteiger partial charge in [-0.15, -0.1) is 0 Å². The van der Waals surface area contributed by atoms with Crippen LogP contribution in [0.4, 0.5) is 5.82 Å². The Morgan fingerprint density at radius 1 is 1.07 bits per heavy atom. The number of benzene rings is 2. The molecule has 1 saturated heterocycles. The second-order valence-corrected chi connectivity index (χ2v) is 13.5. The number of halogens is 4. The molecule has 0 radical (unpaired) electrons. The Morgan fingerprint density at radius 3 is 2.44 bits per heavy atom. The van der Waals surface area contributed by atoms with Crippen molar-refractivity contribution in [2.45, 2.75) is 71.3 Å². The molecular formula is C31H35BrCl3N3O3. The number of hydrogen-bond acceptors (Lipinski definition) is 5. The molecule has 1 atom stereocenters. The van der Waals surface area contributed by atoms with Gasteiger partial charge in [0, 0.05) is 52.4 Å². The molecule has 1 fully saturated rings. The van der Waals surface area contributed by atoms with Crippen molar-refractivity contribution in [1.29, 1.82) is 0 Å². The van der Waals surface area contributed by atoms with E-state index in [1.807, 2.05) is 45.9 Å². The number of fused-ring (bicyclic) bond motifs is 1. The van der Waals surface area contributed by atoms with Gasteiger partial charge in [-0.25, -0.2) is 4.98 Å². The highest BCUT2D eigenvalue weighted by Crippen LogP contribution is 2.39. The van der Waals surface area contributed by atoms with Gasteiger partial charge in [0.1, 0.15) is 11.4 Å². The lowest BCUT2D eigenvalue weighted by Crippen LogP contribution is -2.33. The van der Waals surface area contributed by atoms with Crippen molar-refractivity contribution in [2.75, 3.05) is 24.5 Å². The molecule has 6 nitrogen and oxygen atoms in total. The molecule has 220 valence electrons. The zero-order chi connectivity index (χ0) is 29.9. The minimum Gasteiger partial charge on any atom is -0.460 e. The summed E-state index contributed by atoms with van der Waals surface area (Å²) in [5, 5.41) is 4.96. The number of ether oxygens (including phenoxy) is 1. The smallest absolute Gasteiger partial charge is 0.306 e. The Labute approximate surface area is 265 Å². The predicted octanol–water partition coefficient (Wildman–Crippen LogP) is 8.89. The van der Waals surface area contributed by atoms with Crippen LogP contribution in [0.25, 0.3) is 10.9 Å². The van der Waals surface area contributed by atoms with Crippen LogP contribution >= 0.6 is 50.7 Å². The van der Waals surface area contributed by atoms with Crippen LogP contribution in [-0.2, 0) is 9.53 Å². The summed E-state index contributed by atoms with van der Waals surface area (Å²) in [7, 11) is 0. The van der Waals surface area contributed by atoms with Crippen LogP contribution in [-0.4, -0.2) is 42.1 Å². The largest absolute Gasteiger partial charge is 0.460 e. The summed E-state index contributed by atoms with van der Waals surface area (Å²) < 4.78 is 6.37. The van der Waals surface area contributed by atoms with Crippen LogP contribution < -0.4 is 10.2 Å². The first-order valence-corrected chi connectivity index (χ1v) is 15.8. The van der Waals surface area contributed by atoms with Crippen molar-refractivity contribution in [3.8, 4) is 0 Å². The molecule has 2 aromatic carbocycles. The third-order valence-electron chi connectivity index (χ3n) is 7.16. The van der Waals surface area contributed by atoms with Crippen molar-refractivity contribution in [3.05, 3.63) is 66.6 Å². The average Bonchev–Trinajstić information content (AvgIpc) is 2.91. The van der Waals surface area contributed by atoms with Gasteiger partial charge in [-0.1, -0.05) is 50.7 Å². The Balaban J connectivity index is 1.67. The molecule has 4 rings (SSSR count). The third kappa shape index (κ3) is 7.86. The zero-order valence-corrected chi connectivity index (χ0v) is 27.6. The molecule has 3 aromatic rings. The number of anilines is 1. The van der Waals surface area contributed by atoms with E-state index in [1.54, 1.807) is 12.1 Å². The Kier molecular flexibility index (Phi) is 10.5. The van der Waals surface area contributed by atoms with E-state index in [4.69, 9.17) is 44.5 Å². The molecular weight excluding hydrogens is 649 g/mol. The topological polar surface area (TPSA) is 71.5 Å². The van der Waals surface area contributed by atoms with E-state index in [-0.39, 0.29) is 30.8 Å². The van der Waals surface area contributed by atoms with Gasteiger partial charge in [0.2, 0.25) is 0 Å². The minimum absolute atomic E-state index is 0.125. The summed E-state index contributed by atoms with van der Waals surface area (Å²) in [5.74, 6) is -0.114. The van der Waals surface area contributed by atoms with E-state index in [2.05, 4.69) is 26.1 Å². The number of esters is 1. The Bertz CT molecular complexity index is 1450. The van der Waals surface area contributed by atoms with E-state index in [9.17, 15) is 9.59 Å². The fourth-order valence-corrected chi connectivity index (χ4v) is 6.48. The van der Waals surface area contributed by atoms with Gasteiger partial charge >= 0.3 is 5.97 Å². The second-order valence-electron chi connectivity index (χ2n) is 11.4. The van der Waals surface area contributed by atoms with Crippen molar-refractivity contribution in [3.63, 3.8) is 0 Å². The number of amides is 1. The zero-order valence-electron chi connectivity index (χ0n) is 23.8. The Hall–Kier alpha value is -2.06. The quantitative estimate of drug-likeness (QED) is 0.190. The number of rotatable bonds is 8. The van der Waals surface area contributed by atoms with Crippen LogP contribution in [0, 0.1) is 6.92 Å². The molecule has 41 heavy (non-hydrogen) atoms. The van der Waals surface area contributed by atoms with E-state index >= 15 is 0 Å². The number of aromatic nitrogens is 1. The maximum Gasteiger partial charge on any atom is 0.306 e.